The molecule has 0 bridgehead atoms. The lowest BCUT2D eigenvalue weighted by Crippen LogP contribution is -2.26. The summed E-state index contributed by atoms with van der Waals surface area (Å²) in [5, 5.41) is 10.9. The fourth-order valence-corrected chi connectivity index (χ4v) is 3.70. The first kappa shape index (κ1) is 14.7. The van der Waals surface area contributed by atoms with E-state index in [9.17, 15) is 9.50 Å². The number of hydrogen-bond acceptors (Lipinski definition) is 5. The monoisotopic (exact) mass is 300 g/mol. The van der Waals surface area contributed by atoms with Crippen molar-refractivity contribution in [3.63, 3.8) is 0 Å². The molecule has 0 radical (unpaired) electrons. The first-order valence-corrected chi connectivity index (χ1v) is 8.28. The molecule has 1 heterocycles. The molecule has 1 atom stereocenters. The second kappa shape index (κ2) is 6.63. The van der Waals surface area contributed by atoms with E-state index in [0.29, 0.717) is 17.5 Å². The summed E-state index contributed by atoms with van der Waals surface area (Å²) in [7, 11) is 2.09. The van der Waals surface area contributed by atoms with Gasteiger partial charge in [-0.25, -0.2) is 4.39 Å². The predicted octanol–water partition coefficient (Wildman–Crippen LogP) is 2.65. The topological polar surface area (TPSA) is 35.8 Å². The second-order valence-corrected chi connectivity index (χ2v) is 6.40. The SMILES string of the molecule is CS/C(=N\C[C@H]1SCCN1C)c1ccc(F)cc1O. The number of thioether (sulfide) groups is 2. The third-order valence-corrected chi connectivity index (χ3v) is 5.07. The Labute approximate surface area is 121 Å². The van der Waals surface area contributed by atoms with Gasteiger partial charge in [0, 0.05) is 23.9 Å². The van der Waals surface area contributed by atoms with E-state index in [1.807, 2.05) is 18.0 Å². The Morgan fingerprint density at radius 1 is 1.63 bits per heavy atom. The Hall–Kier alpha value is -0.720. The molecule has 0 spiro atoms. The maximum Gasteiger partial charge on any atom is 0.128 e. The average Bonchev–Trinajstić information content (AvgIpc) is 2.78. The van der Waals surface area contributed by atoms with E-state index in [1.54, 1.807) is 6.07 Å². The summed E-state index contributed by atoms with van der Waals surface area (Å²) in [6.45, 7) is 1.77. The van der Waals surface area contributed by atoms with Crippen molar-refractivity contribution < 1.29 is 9.50 Å². The van der Waals surface area contributed by atoms with Crippen molar-refractivity contribution in [1.29, 1.82) is 0 Å². The van der Waals surface area contributed by atoms with Gasteiger partial charge in [0.05, 0.1) is 11.9 Å². The van der Waals surface area contributed by atoms with Gasteiger partial charge in [-0.05, 0) is 25.4 Å². The molecule has 0 unspecified atom stereocenters. The van der Waals surface area contributed by atoms with Crippen molar-refractivity contribution in [2.24, 2.45) is 4.99 Å². The molecule has 0 aromatic heterocycles. The number of halogens is 1. The van der Waals surface area contributed by atoms with Crippen molar-refractivity contribution >= 4 is 28.6 Å². The zero-order chi connectivity index (χ0) is 13.8. The Morgan fingerprint density at radius 3 is 3.00 bits per heavy atom. The third-order valence-electron chi connectivity index (χ3n) is 3.02. The van der Waals surface area contributed by atoms with Gasteiger partial charge in [-0.3, -0.25) is 9.89 Å². The lowest BCUT2D eigenvalue weighted by molar-refractivity contribution is 0.357. The first-order chi connectivity index (χ1) is 9.11. The average molecular weight is 300 g/mol. The molecule has 104 valence electrons. The van der Waals surface area contributed by atoms with E-state index in [1.165, 1.54) is 17.8 Å². The van der Waals surface area contributed by atoms with Crippen LogP contribution in [0.25, 0.3) is 0 Å². The zero-order valence-electron chi connectivity index (χ0n) is 11.0. The highest BCUT2D eigenvalue weighted by atomic mass is 32.2. The summed E-state index contributed by atoms with van der Waals surface area (Å²) < 4.78 is 13.0. The highest BCUT2D eigenvalue weighted by Crippen LogP contribution is 2.25. The number of benzene rings is 1. The lowest BCUT2D eigenvalue weighted by atomic mass is 10.2. The van der Waals surface area contributed by atoms with Crippen LogP contribution in [0.2, 0.25) is 0 Å². The molecule has 1 aromatic rings. The molecule has 1 aliphatic rings. The molecule has 1 aromatic carbocycles. The van der Waals surface area contributed by atoms with Crippen molar-refractivity contribution in [3.05, 3.63) is 29.6 Å². The van der Waals surface area contributed by atoms with Crippen LogP contribution >= 0.6 is 23.5 Å². The predicted molar refractivity (Wildman–Crippen MR) is 81.9 cm³/mol. The molecule has 1 aliphatic heterocycles. The van der Waals surface area contributed by atoms with Crippen LogP contribution in [-0.2, 0) is 0 Å². The van der Waals surface area contributed by atoms with E-state index in [-0.39, 0.29) is 5.75 Å². The quantitative estimate of drug-likeness (QED) is 0.688. The first-order valence-electron chi connectivity index (χ1n) is 6.01. The molecule has 0 aliphatic carbocycles. The number of phenolic OH excluding ortho intramolecular Hbond substituents is 1. The molecule has 1 fully saturated rings. The Kier molecular flexibility index (Phi) is 5.13. The van der Waals surface area contributed by atoms with Crippen molar-refractivity contribution in [3.8, 4) is 5.75 Å². The van der Waals surface area contributed by atoms with Gasteiger partial charge in [-0.15, -0.1) is 23.5 Å². The number of aliphatic imine (C=N–C) groups is 1. The summed E-state index contributed by atoms with van der Waals surface area (Å²) in [4.78, 5) is 6.84. The van der Waals surface area contributed by atoms with Crippen LogP contribution in [0.5, 0.6) is 5.75 Å². The third kappa shape index (κ3) is 3.64. The van der Waals surface area contributed by atoms with Crippen molar-refractivity contribution in [1.82, 2.24) is 4.90 Å². The molecule has 0 saturated carbocycles. The summed E-state index contributed by atoms with van der Waals surface area (Å²) in [5.41, 5.74) is 0.597. The highest BCUT2D eigenvalue weighted by molar-refractivity contribution is 8.13. The minimum absolute atomic E-state index is 0.0551. The van der Waals surface area contributed by atoms with Crippen LogP contribution < -0.4 is 0 Å². The molecule has 1 saturated heterocycles. The zero-order valence-corrected chi connectivity index (χ0v) is 12.6. The summed E-state index contributed by atoms with van der Waals surface area (Å²) in [6.07, 6.45) is 1.91. The van der Waals surface area contributed by atoms with Crippen molar-refractivity contribution in [2.45, 2.75) is 5.37 Å². The lowest BCUT2D eigenvalue weighted by Gasteiger charge is -2.16. The summed E-state index contributed by atoms with van der Waals surface area (Å²) in [6, 6.07) is 4.04. The summed E-state index contributed by atoms with van der Waals surface area (Å²) >= 11 is 3.36. The van der Waals surface area contributed by atoms with Gasteiger partial charge >= 0.3 is 0 Å². The molecule has 6 heteroatoms. The van der Waals surface area contributed by atoms with E-state index < -0.39 is 5.82 Å². The van der Waals surface area contributed by atoms with Crippen LogP contribution in [0, 0.1) is 5.82 Å². The van der Waals surface area contributed by atoms with Crippen LogP contribution in [0.3, 0.4) is 0 Å². The minimum Gasteiger partial charge on any atom is -0.507 e. The van der Waals surface area contributed by atoms with Gasteiger partial charge in [0.2, 0.25) is 0 Å². The standard InChI is InChI=1S/C13H17FN2OS2/c1-16-5-6-19-12(16)8-15-13(18-2)10-4-3-9(14)7-11(10)17/h3-4,7,12,17H,5-6,8H2,1-2H3/b15-13-/t12-/m1/s1. The van der Waals surface area contributed by atoms with Crippen LogP contribution in [0.1, 0.15) is 5.56 Å². The van der Waals surface area contributed by atoms with Crippen LogP contribution in [0.15, 0.2) is 23.2 Å². The van der Waals surface area contributed by atoms with Crippen LogP contribution in [0.4, 0.5) is 4.39 Å². The van der Waals surface area contributed by atoms with Crippen molar-refractivity contribution in [2.75, 3.05) is 32.1 Å². The Balaban J connectivity index is 2.14. The molecular formula is C13H17FN2OS2. The van der Waals surface area contributed by atoms with Gasteiger partial charge in [0.15, 0.2) is 0 Å². The molecule has 19 heavy (non-hydrogen) atoms. The van der Waals surface area contributed by atoms with Gasteiger partial charge in [0.1, 0.15) is 16.6 Å². The van der Waals surface area contributed by atoms with Gasteiger partial charge < -0.3 is 5.11 Å². The van der Waals surface area contributed by atoms with E-state index >= 15 is 0 Å². The number of hydrogen-bond donors (Lipinski definition) is 1. The number of phenols is 1. The van der Waals surface area contributed by atoms with Gasteiger partial charge in [0.25, 0.3) is 0 Å². The normalized spacial score (nSPS) is 21.0. The number of aromatic hydroxyl groups is 1. The highest BCUT2D eigenvalue weighted by Gasteiger charge is 2.21. The van der Waals surface area contributed by atoms with Gasteiger partial charge in [-0.1, -0.05) is 0 Å². The smallest absolute Gasteiger partial charge is 0.128 e. The molecular weight excluding hydrogens is 283 g/mol. The Bertz CT molecular complexity index is 482. The number of rotatable bonds is 3. The molecule has 1 N–H and O–H groups in total. The fraction of sp³-hybridized carbons (Fsp3) is 0.462. The maximum absolute atomic E-state index is 13.0. The van der Waals surface area contributed by atoms with E-state index in [4.69, 9.17) is 0 Å². The molecule has 2 rings (SSSR count). The largest absolute Gasteiger partial charge is 0.507 e. The van der Waals surface area contributed by atoms with Gasteiger partial charge in [-0.2, -0.15) is 0 Å². The van der Waals surface area contributed by atoms with E-state index in [0.717, 1.165) is 23.4 Å². The van der Waals surface area contributed by atoms with Crippen LogP contribution in [-0.4, -0.2) is 52.6 Å². The minimum atomic E-state index is -0.437. The second-order valence-electron chi connectivity index (χ2n) is 4.32. The number of likely N-dealkylation sites (N-methyl/N-ethyl adjacent to an activating group) is 1. The number of nitrogens with zero attached hydrogens (tertiary/aromatic N) is 2. The van der Waals surface area contributed by atoms with E-state index in [2.05, 4.69) is 16.9 Å². The molecule has 3 nitrogen and oxygen atoms in total. The fourth-order valence-electron chi connectivity index (χ4n) is 1.90. The molecule has 0 amide bonds. The maximum atomic E-state index is 13.0. The summed E-state index contributed by atoms with van der Waals surface area (Å²) in [5.74, 6) is 0.640. The Morgan fingerprint density at radius 2 is 2.42 bits per heavy atom.